The minimum atomic E-state index is -0.197. The van der Waals surface area contributed by atoms with E-state index in [9.17, 15) is 9.59 Å². The molecule has 2 N–H and O–H groups in total. The topological polar surface area (TPSA) is 102 Å². The normalized spacial score (nSPS) is 17.5. The average molecular weight is 447 g/mol. The Labute approximate surface area is 192 Å². The fourth-order valence-electron chi connectivity index (χ4n) is 5.33. The molecule has 0 spiro atoms. The van der Waals surface area contributed by atoms with Gasteiger partial charge in [-0.15, -0.1) is 0 Å². The Morgan fingerprint density at radius 1 is 1.03 bits per heavy atom. The SMILES string of the molecule is CC(=O)c1c(C)c2cnc(Nc3cnc(C4CCNCC4)cn3)cc2n(C2CCCC2)c1=O. The smallest absolute Gasteiger partial charge is 0.262 e. The highest BCUT2D eigenvalue weighted by Crippen LogP contribution is 2.33. The van der Waals surface area contributed by atoms with Crippen LogP contribution in [0.5, 0.6) is 0 Å². The number of aryl methyl sites for hydroxylation is 1. The standard InChI is InChI=1S/C25H30N6O2/c1-15-19-12-28-22(30-23-14-27-20(13-29-23)17-7-9-26-10-8-17)11-21(19)31(18-5-3-4-6-18)25(33)24(15)16(2)32/h11-14,17-18,26H,3-10H2,1-2H3,(H,28,29,30). The molecule has 0 radical (unpaired) electrons. The predicted molar refractivity (Wildman–Crippen MR) is 128 cm³/mol. The Bertz CT molecular complexity index is 1240. The summed E-state index contributed by atoms with van der Waals surface area (Å²) in [6.45, 7) is 5.32. The summed E-state index contributed by atoms with van der Waals surface area (Å²) in [7, 11) is 0. The van der Waals surface area contributed by atoms with Crippen molar-refractivity contribution in [3.63, 3.8) is 0 Å². The zero-order chi connectivity index (χ0) is 22.9. The van der Waals surface area contributed by atoms with Crippen LogP contribution < -0.4 is 16.2 Å². The molecule has 3 aromatic heterocycles. The number of carbonyl (C=O) groups excluding carboxylic acids is 1. The van der Waals surface area contributed by atoms with Crippen LogP contribution in [0.25, 0.3) is 10.9 Å². The molecule has 5 rings (SSSR count). The maximum Gasteiger partial charge on any atom is 0.262 e. The van der Waals surface area contributed by atoms with Crippen molar-refractivity contribution in [3.05, 3.63) is 51.8 Å². The van der Waals surface area contributed by atoms with Gasteiger partial charge in [-0.25, -0.2) is 9.97 Å². The molecule has 0 aromatic carbocycles. The second kappa shape index (κ2) is 9.02. The Morgan fingerprint density at radius 2 is 1.76 bits per heavy atom. The van der Waals surface area contributed by atoms with Crippen LogP contribution in [0.1, 0.15) is 79.0 Å². The summed E-state index contributed by atoms with van der Waals surface area (Å²) in [4.78, 5) is 39.4. The zero-order valence-electron chi connectivity index (χ0n) is 19.2. The Balaban J connectivity index is 1.51. The van der Waals surface area contributed by atoms with Crippen molar-refractivity contribution in [2.24, 2.45) is 0 Å². The maximum absolute atomic E-state index is 13.4. The quantitative estimate of drug-likeness (QED) is 0.571. The van der Waals surface area contributed by atoms with Crippen LogP contribution in [0.4, 0.5) is 11.6 Å². The van der Waals surface area contributed by atoms with Crippen LogP contribution in [-0.2, 0) is 0 Å². The zero-order valence-corrected chi connectivity index (χ0v) is 19.2. The summed E-state index contributed by atoms with van der Waals surface area (Å²) < 4.78 is 1.82. The second-order valence-corrected chi connectivity index (χ2v) is 9.23. The van der Waals surface area contributed by atoms with E-state index in [2.05, 4.69) is 25.6 Å². The number of anilines is 2. The highest BCUT2D eigenvalue weighted by molar-refractivity contribution is 6.00. The lowest BCUT2D eigenvalue weighted by molar-refractivity contribution is 0.101. The van der Waals surface area contributed by atoms with Gasteiger partial charge in [-0.2, -0.15) is 0 Å². The predicted octanol–water partition coefficient (Wildman–Crippen LogP) is 4.02. The number of nitrogens with zero attached hydrogens (tertiary/aromatic N) is 4. The summed E-state index contributed by atoms with van der Waals surface area (Å²) >= 11 is 0. The minimum Gasteiger partial charge on any atom is -0.324 e. The number of nitrogens with one attached hydrogen (secondary N) is 2. The van der Waals surface area contributed by atoms with E-state index in [0.29, 0.717) is 23.1 Å². The van der Waals surface area contributed by atoms with Gasteiger partial charge in [0.2, 0.25) is 0 Å². The fraction of sp³-hybridized carbons (Fsp3) is 0.480. The van der Waals surface area contributed by atoms with E-state index in [1.807, 2.05) is 23.8 Å². The van der Waals surface area contributed by atoms with Crippen molar-refractivity contribution >= 4 is 28.3 Å². The molecule has 1 saturated carbocycles. The van der Waals surface area contributed by atoms with E-state index in [1.165, 1.54) is 6.92 Å². The van der Waals surface area contributed by atoms with Gasteiger partial charge in [0.05, 0.1) is 29.2 Å². The second-order valence-electron chi connectivity index (χ2n) is 9.23. The molecule has 8 nitrogen and oxygen atoms in total. The largest absolute Gasteiger partial charge is 0.324 e. The van der Waals surface area contributed by atoms with Gasteiger partial charge in [-0.3, -0.25) is 14.6 Å². The van der Waals surface area contributed by atoms with Crippen LogP contribution >= 0.6 is 0 Å². The number of ketones is 1. The molecule has 3 aromatic rings. The number of carbonyl (C=O) groups is 1. The van der Waals surface area contributed by atoms with Crippen molar-refractivity contribution in [1.29, 1.82) is 0 Å². The number of fused-ring (bicyclic) bond motifs is 1. The lowest BCUT2D eigenvalue weighted by Gasteiger charge is -2.22. The fourth-order valence-corrected chi connectivity index (χ4v) is 5.33. The van der Waals surface area contributed by atoms with Crippen LogP contribution in [0.15, 0.2) is 29.5 Å². The summed E-state index contributed by atoms with van der Waals surface area (Å²) in [5, 5.41) is 7.45. The third-order valence-corrected chi connectivity index (χ3v) is 7.08. The number of hydrogen-bond acceptors (Lipinski definition) is 7. The molecule has 33 heavy (non-hydrogen) atoms. The molecule has 0 atom stereocenters. The summed E-state index contributed by atoms with van der Waals surface area (Å²) in [6.07, 6.45) is 11.6. The van der Waals surface area contributed by atoms with E-state index in [4.69, 9.17) is 0 Å². The molecule has 1 aliphatic carbocycles. The Morgan fingerprint density at radius 3 is 2.42 bits per heavy atom. The molecular weight excluding hydrogens is 416 g/mol. The molecule has 1 saturated heterocycles. The van der Waals surface area contributed by atoms with Crippen LogP contribution in [0, 0.1) is 6.92 Å². The van der Waals surface area contributed by atoms with Gasteiger partial charge in [0.1, 0.15) is 11.6 Å². The molecule has 172 valence electrons. The first kappa shape index (κ1) is 21.7. The number of aromatic nitrogens is 4. The third-order valence-electron chi connectivity index (χ3n) is 7.08. The van der Waals surface area contributed by atoms with E-state index in [0.717, 1.165) is 68.2 Å². The maximum atomic E-state index is 13.4. The lowest BCUT2D eigenvalue weighted by Crippen LogP contribution is -2.30. The van der Waals surface area contributed by atoms with Crippen molar-refractivity contribution in [1.82, 2.24) is 24.8 Å². The molecule has 0 unspecified atom stereocenters. The molecular formula is C25H30N6O2. The molecule has 0 amide bonds. The molecule has 1 aliphatic heterocycles. The first-order chi connectivity index (χ1) is 16.0. The summed E-state index contributed by atoms with van der Waals surface area (Å²) in [5.41, 5.74) is 2.61. The van der Waals surface area contributed by atoms with Gasteiger partial charge in [0.25, 0.3) is 5.56 Å². The average Bonchev–Trinajstić information content (AvgIpc) is 3.34. The number of piperidine rings is 1. The number of pyridine rings is 2. The Kier molecular flexibility index (Phi) is 5.93. The van der Waals surface area contributed by atoms with E-state index in [-0.39, 0.29) is 22.9 Å². The van der Waals surface area contributed by atoms with Crippen LogP contribution in [-0.4, -0.2) is 38.4 Å². The Hall–Kier alpha value is -3.13. The molecule has 2 fully saturated rings. The van der Waals surface area contributed by atoms with Crippen molar-refractivity contribution in [2.75, 3.05) is 18.4 Å². The first-order valence-electron chi connectivity index (χ1n) is 11.9. The van der Waals surface area contributed by atoms with Crippen molar-refractivity contribution in [2.45, 2.75) is 64.3 Å². The van der Waals surface area contributed by atoms with Crippen molar-refractivity contribution in [3.8, 4) is 0 Å². The van der Waals surface area contributed by atoms with Crippen molar-refractivity contribution < 1.29 is 4.79 Å². The number of hydrogen-bond donors (Lipinski definition) is 2. The third kappa shape index (κ3) is 4.15. The first-order valence-corrected chi connectivity index (χ1v) is 11.9. The number of rotatable bonds is 5. The van der Waals surface area contributed by atoms with Crippen LogP contribution in [0.2, 0.25) is 0 Å². The van der Waals surface area contributed by atoms with E-state index < -0.39 is 0 Å². The van der Waals surface area contributed by atoms with Gasteiger partial charge >= 0.3 is 0 Å². The molecule has 2 aliphatic rings. The monoisotopic (exact) mass is 446 g/mol. The van der Waals surface area contributed by atoms with Gasteiger partial charge in [0.15, 0.2) is 5.78 Å². The van der Waals surface area contributed by atoms with Gasteiger partial charge in [-0.1, -0.05) is 12.8 Å². The molecule has 0 bridgehead atoms. The highest BCUT2D eigenvalue weighted by atomic mass is 16.1. The van der Waals surface area contributed by atoms with E-state index >= 15 is 0 Å². The molecule has 8 heteroatoms. The number of Topliss-reactive ketones (excluding diaryl/α,β-unsaturated/α-hetero) is 1. The molecule has 4 heterocycles. The minimum absolute atomic E-state index is 0.109. The summed E-state index contributed by atoms with van der Waals surface area (Å²) in [5.74, 6) is 1.47. The van der Waals surface area contributed by atoms with Gasteiger partial charge < -0.3 is 15.2 Å². The van der Waals surface area contributed by atoms with Gasteiger partial charge in [0, 0.05) is 29.6 Å². The summed E-state index contributed by atoms with van der Waals surface area (Å²) in [6, 6.07) is 2.01. The van der Waals surface area contributed by atoms with Crippen LogP contribution in [0.3, 0.4) is 0 Å². The lowest BCUT2D eigenvalue weighted by atomic mass is 9.95. The van der Waals surface area contributed by atoms with Gasteiger partial charge in [-0.05, 0) is 58.2 Å². The van der Waals surface area contributed by atoms with E-state index in [1.54, 1.807) is 12.4 Å². The highest BCUT2D eigenvalue weighted by Gasteiger charge is 2.25.